The maximum Gasteiger partial charge on any atom is 0.0544 e. The molecule has 2 aromatic heterocycles. The highest BCUT2D eigenvalue weighted by molar-refractivity contribution is 7.21. The van der Waals surface area contributed by atoms with Gasteiger partial charge in [-0.25, -0.2) is 0 Å². The molecule has 11 rings (SSSR count). The molecule has 0 saturated carbocycles. The van der Waals surface area contributed by atoms with Crippen molar-refractivity contribution < 1.29 is 0 Å². The molecule has 0 N–H and O–H groups in total. The van der Waals surface area contributed by atoms with E-state index in [1.165, 1.54) is 86.9 Å². The summed E-state index contributed by atoms with van der Waals surface area (Å²) in [4.78, 5) is 0. The molecule has 51 heavy (non-hydrogen) atoms. The summed E-state index contributed by atoms with van der Waals surface area (Å²) < 4.78 is 5.08. The molecule has 10 aromatic rings. The molecule has 3 heteroatoms. The molecular formula is C48H32N2Si-. The number of benzene rings is 8. The van der Waals surface area contributed by atoms with Crippen molar-refractivity contribution in [3.63, 3.8) is 0 Å². The summed E-state index contributed by atoms with van der Waals surface area (Å²) in [5.41, 5.74) is 9.94. The molecule has 3 heterocycles. The Morgan fingerprint density at radius 3 is 1.55 bits per heavy atom. The maximum atomic E-state index is 2.58. The lowest BCUT2D eigenvalue weighted by atomic mass is 10.0. The first-order valence-corrected chi connectivity index (χ1v) is 19.7. The number of hydrogen-bond donors (Lipinski definition) is 0. The smallest absolute Gasteiger partial charge is 0.0544 e. The van der Waals surface area contributed by atoms with Crippen molar-refractivity contribution >= 4 is 72.4 Å². The topological polar surface area (TPSA) is 9.86 Å². The van der Waals surface area contributed by atoms with E-state index >= 15 is 0 Å². The van der Waals surface area contributed by atoms with Gasteiger partial charge < -0.3 is 9.13 Å². The molecule has 0 bridgehead atoms. The summed E-state index contributed by atoms with van der Waals surface area (Å²) in [5.74, 6) is 0. The van der Waals surface area contributed by atoms with E-state index in [9.17, 15) is 0 Å². The van der Waals surface area contributed by atoms with Crippen LogP contribution in [0.15, 0.2) is 194 Å². The molecule has 0 amide bonds. The van der Waals surface area contributed by atoms with Crippen LogP contribution in [0.1, 0.15) is 0 Å². The van der Waals surface area contributed by atoms with E-state index in [1.54, 1.807) is 0 Å². The molecule has 0 saturated heterocycles. The number of hydrogen-bond acceptors (Lipinski definition) is 0. The largest absolute Gasteiger partial charge is 0.315 e. The van der Waals surface area contributed by atoms with Crippen LogP contribution in [0.2, 0.25) is 0 Å². The summed E-state index contributed by atoms with van der Waals surface area (Å²) in [6.07, 6.45) is 0. The van der Waals surface area contributed by atoms with Crippen LogP contribution < -0.4 is 20.7 Å². The fraction of sp³-hybridized carbons (Fsp3) is 0. The van der Waals surface area contributed by atoms with Gasteiger partial charge >= 0.3 is 0 Å². The lowest BCUT2D eigenvalue weighted by Gasteiger charge is -2.51. The van der Waals surface area contributed by atoms with Gasteiger partial charge in [-0.1, -0.05) is 164 Å². The summed E-state index contributed by atoms with van der Waals surface area (Å²) >= 11 is 0. The molecule has 0 atom stereocenters. The van der Waals surface area contributed by atoms with Crippen molar-refractivity contribution in [1.82, 2.24) is 9.13 Å². The number of fused-ring (bicyclic) bond motifs is 8. The van der Waals surface area contributed by atoms with Gasteiger partial charge in [-0.2, -0.15) is 10.4 Å². The Morgan fingerprint density at radius 1 is 0.333 bits per heavy atom. The second-order valence-corrected chi connectivity index (χ2v) is 17.4. The third-order valence-electron chi connectivity index (χ3n) is 11.2. The van der Waals surface area contributed by atoms with Crippen molar-refractivity contribution in [1.29, 1.82) is 0 Å². The minimum Gasteiger partial charge on any atom is -0.315 e. The van der Waals surface area contributed by atoms with Crippen LogP contribution in [-0.4, -0.2) is 17.2 Å². The Kier molecular flexibility index (Phi) is 6.01. The first-order chi connectivity index (χ1) is 25.3. The number of para-hydroxylation sites is 3. The van der Waals surface area contributed by atoms with E-state index in [0.717, 1.165) is 0 Å². The van der Waals surface area contributed by atoms with Gasteiger partial charge in [-0.3, -0.25) is 0 Å². The van der Waals surface area contributed by atoms with E-state index in [-0.39, 0.29) is 0 Å². The Morgan fingerprint density at radius 2 is 0.882 bits per heavy atom. The van der Waals surface area contributed by atoms with Gasteiger partial charge in [-0.15, -0.1) is 10.4 Å². The highest BCUT2D eigenvalue weighted by Gasteiger charge is 2.37. The number of nitrogens with zero attached hydrogens (tertiary/aromatic N) is 2. The standard InChI is InChI=1S/C48H32N2Si/c1-4-16-33(17-5-1)34-28-29-40-41-31-35(49-42-24-12-10-22-38(42)39-23-11-13-25-43(39)49)32-47-48(41)50(45(40)30-34)44-26-14-15-27-46(44)51(47,36-18-6-2-7-19-36)37-20-8-3-9-21-37/h1-32H/q-1. The van der Waals surface area contributed by atoms with Gasteiger partial charge in [0, 0.05) is 38.4 Å². The van der Waals surface area contributed by atoms with Gasteiger partial charge in [0.25, 0.3) is 0 Å². The quantitative estimate of drug-likeness (QED) is 0.166. The molecule has 0 radical (unpaired) electrons. The molecule has 0 fully saturated rings. The normalized spacial score (nSPS) is 13.3. The number of aromatic nitrogens is 2. The summed E-state index contributed by atoms with van der Waals surface area (Å²) in [5, 5.41) is 10.7. The van der Waals surface area contributed by atoms with Crippen LogP contribution in [0.25, 0.3) is 66.1 Å². The van der Waals surface area contributed by atoms with Crippen molar-refractivity contribution in [3.8, 4) is 22.5 Å². The average Bonchev–Trinajstić information content (AvgIpc) is 3.72. The second kappa shape index (κ2) is 10.8. The van der Waals surface area contributed by atoms with Crippen LogP contribution in [-0.2, 0) is 0 Å². The fourth-order valence-electron chi connectivity index (χ4n) is 9.10. The van der Waals surface area contributed by atoms with Crippen molar-refractivity contribution in [2.24, 2.45) is 0 Å². The molecule has 0 spiro atoms. The molecule has 0 unspecified atom stereocenters. The van der Waals surface area contributed by atoms with Crippen molar-refractivity contribution in [3.05, 3.63) is 194 Å². The van der Waals surface area contributed by atoms with Gasteiger partial charge in [-0.05, 0) is 49.5 Å². The monoisotopic (exact) mass is 664 g/mol. The van der Waals surface area contributed by atoms with Crippen LogP contribution in [0.4, 0.5) is 0 Å². The third kappa shape index (κ3) is 3.87. The molecular weight excluding hydrogens is 633 g/mol. The van der Waals surface area contributed by atoms with Gasteiger partial charge in [0.1, 0.15) is 0 Å². The predicted molar refractivity (Wildman–Crippen MR) is 218 cm³/mol. The van der Waals surface area contributed by atoms with Gasteiger partial charge in [0.05, 0.1) is 16.6 Å². The second-order valence-electron chi connectivity index (χ2n) is 13.7. The third-order valence-corrected chi connectivity index (χ3v) is 16.0. The zero-order valence-electron chi connectivity index (χ0n) is 27.9. The first kappa shape index (κ1) is 28.4. The Balaban J connectivity index is 1.37. The van der Waals surface area contributed by atoms with E-state index < -0.39 is 8.07 Å². The Hall–Kier alpha value is -6.42. The summed E-state index contributed by atoms with van der Waals surface area (Å²) in [6.45, 7) is 0. The number of rotatable bonds is 4. The SMILES string of the molecule is c1ccc(-c2ccc3c4cc(-n5c6ccccc6c6ccccc65)cc5c4n(c3c2)-c2ccccc2[Si-]5(c2ccccc2)c2ccccc2)cc1. The minimum atomic E-state index is -2.86. The fourth-order valence-corrected chi connectivity index (χ4v) is 14.2. The molecule has 8 aromatic carbocycles. The maximum absolute atomic E-state index is 2.86. The summed E-state index contributed by atoms with van der Waals surface area (Å²) in [7, 11) is -2.86. The lowest BCUT2D eigenvalue weighted by Crippen LogP contribution is -2.76. The Labute approximate surface area is 297 Å². The predicted octanol–water partition coefficient (Wildman–Crippen LogP) is 9.24. The van der Waals surface area contributed by atoms with E-state index in [2.05, 4.69) is 203 Å². The van der Waals surface area contributed by atoms with Crippen molar-refractivity contribution in [2.45, 2.75) is 0 Å². The average molecular weight is 665 g/mol. The van der Waals surface area contributed by atoms with Crippen LogP contribution in [0, 0.1) is 0 Å². The highest BCUT2D eigenvalue weighted by atomic mass is 28.3. The molecule has 1 aliphatic rings. The van der Waals surface area contributed by atoms with Crippen LogP contribution in [0.3, 0.4) is 0 Å². The first-order valence-electron chi connectivity index (χ1n) is 17.7. The zero-order chi connectivity index (χ0) is 33.5. The van der Waals surface area contributed by atoms with Crippen LogP contribution in [0.5, 0.6) is 0 Å². The van der Waals surface area contributed by atoms with E-state index in [4.69, 9.17) is 0 Å². The van der Waals surface area contributed by atoms with Gasteiger partial charge in [0.2, 0.25) is 0 Å². The molecule has 0 aliphatic carbocycles. The molecule has 2 nitrogen and oxygen atoms in total. The summed E-state index contributed by atoms with van der Waals surface area (Å²) in [6, 6.07) is 72.5. The minimum absolute atomic E-state index is 1.20. The molecule has 1 aliphatic heterocycles. The van der Waals surface area contributed by atoms with E-state index in [1.807, 2.05) is 0 Å². The van der Waals surface area contributed by atoms with E-state index in [0.29, 0.717) is 0 Å². The van der Waals surface area contributed by atoms with Gasteiger partial charge in [0.15, 0.2) is 0 Å². The van der Waals surface area contributed by atoms with Crippen molar-refractivity contribution in [2.75, 3.05) is 0 Å². The van der Waals surface area contributed by atoms with Crippen LogP contribution >= 0.6 is 0 Å². The highest BCUT2D eigenvalue weighted by Crippen LogP contribution is 2.40. The zero-order valence-corrected chi connectivity index (χ0v) is 28.9. The lowest BCUT2D eigenvalue weighted by molar-refractivity contribution is 1.17. The molecule has 239 valence electrons. The Bertz CT molecular complexity index is 2860.